The van der Waals surface area contributed by atoms with Gasteiger partial charge in [0.2, 0.25) is 35.7 Å². The van der Waals surface area contributed by atoms with Crippen LogP contribution in [0.15, 0.2) is 33.2 Å². The Balaban J connectivity index is 1.70. The summed E-state index contributed by atoms with van der Waals surface area (Å²) in [6, 6.07) is 5.27. The number of rotatable bonds is 6. The molecule has 0 aliphatic heterocycles. The number of hydrogen-bond donors (Lipinski definition) is 6. The highest BCUT2D eigenvalue weighted by atomic mass is 15.2. The molecule has 36 heavy (non-hydrogen) atoms. The van der Waals surface area contributed by atoms with Gasteiger partial charge in [0.25, 0.3) is 17.8 Å². The normalized spacial score (nSPS) is 11.7. The molecule has 0 saturated heterocycles. The summed E-state index contributed by atoms with van der Waals surface area (Å²) in [6.07, 6.45) is 4.46. The second-order valence-electron chi connectivity index (χ2n) is 6.76. The fourth-order valence-corrected chi connectivity index (χ4v) is 2.69. The van der Waals surface area contributed by atoms with Crippen molar-refractivity contribution in [3.8, 4) is 0 Å². The molecule has 0 radical (unpaired) electrons. The van der Waals surface area contributed by atoms with Crippen LogP contribution in [0.1, 0.15) is 16.7 Å². The van der Waals surface area contributed by atoms with E-state index in [4.69, 9.17) is 34.4 Å². The SMILES string of the molecule is Nc1nc(N)nc(/N=C/c2cc(/C=N/c3nc(N)nc(N)n3)cc(/C=N/c3nc(N)nc(N)n3)c2)n1. The van der Waals surface area contributed by atoms with Gasteiger partial charge < -0.3 is 34.4 Å². The third kappa shape index (κ3) is 6.31. The molecule has 0 amide bonds. The van der Waals surface area contributed by atoms with E-state index in [1.165, 1.54) is 18.6 Å². The molecule has 0 spiro atoms. The largest absolute Gasteiger partial charge is 0.368 e. The van der Waals surface area contributed by atoms with Gasteiger partial charge in [-0.1, -0.05) is 0 Å². The molecule has 18 heteroatoms. The van der Waals surface area contributed by atoms with Crippen molar-refractivity contribution in [2.45, 2.75) is 0 Å². The van der Waals surface area contributed by atoms with Crippen molar-refractivity contribution in [1.82, 2.24) is 44.9 Å². The summed E-state index contributed by atoms with van der Waals surface area (Å²) in [7, 11) is 0. The standard InChI is InChI=1S/C18H18N18/c19-10-28-11(20)32-16(31-10)25-4-7-1-8(5-26-17-33-12(21)29-13(22)34-17)3-9(2-7)6-27-18-35-14(23)30-15(24)36-18/h1-6H,(H4,19,20,28,31,32)(H4,21,22,29,33,34)(H4,23,24,30,35,36)/b25-4+,26-5+,27-6+. The van der Waals surface area contributed by atoms with Crippen LogP contribution < -0.4 is 34.4 Å². The van der Waals surface area contributed by atoms with Crippen LogP contribution >= 0.6 is 0 Å². The minimum Gasteiger partial charge on any atom is -0.368 e. The lowest BCUT2D eigenvalue weighted by Gasteiger charge is -2.02. The molecule has 3 heterocycles. The Morgan fingerprint density at radius 2 is 0.611 bits per heavy atom. The van der Waals surface area contributed by atoms with E-state index in [1.54, 1.807) is 18.2 Å². The zero-order valence-corrected chi connectivity index (χ0v) is 18.3. The molecule has 0 aliphatic carbocycles. The molecule has 1 aromatic carbocycles. The first-order chi connectivity index (χ1) is 17.2. The van der Waals surface area contributed by atoms with Gasteiger partial charge in [-0.15, -0.1) is 0 Å². The lowest BCUT2D eigenvalue weighted by molar-refractivity contribution is 1.07. The molecule has 180 valence electrons. The number of aliphatic imine (C=N–C) groups is 3. The van der Waals surface area contributed by atoms with Crippen molar-refractivity contribution >= 4 is 72.2 Å². The van der Waals surface area contributed by atoms with E-state index in [0.29, 0.717) is 16.7 Å². The predicted molar refractivity (Wildman–Crippen MR) is 134 cm³/mol. The number of nitrogens with two attached hydrogens (primary N) is 6. The summed E-state index contributed by atoms with van der Waals surface area (Å²) in [5.41, 5.74) is 35.4. The Morgan fingerprint density at radius 3 is 0.833 bits per heavy atom. The van der Waals surface area contributed by atoms with Crippen molar-refractivity contribution in [1.29, 1.82) is 0 Å². The quantitative estimate of drug-likeness (QED) is 0.178. The maximum atomic E-state index is 5.59. The van der Waals surface area contributed by atoms with Gasteiger partial charge in [0.05, 0.1) is 0 Å². The van der Waals surface area contributed by atoms with Crippen LogP contribution in [0.4, 0.5) is 53.5 Å². The highest BCUT2D eigenvalue weighted by Crippen LogP contribution is 2.13. The Kier molecular flexibility index (Phi) is 6.39. The number of nitrogens with zero attached hydrogens (tertiary/aromatic N) is 12. The van der Waals surface area contributed by atoms with Gasteiger partial charge in [-0.3, -0.25) is 0 Å². The average molecular weight is 486 g/mol. The molecular formula is C18H18N18. The van der Waals surface area contributed by atoms with Gasteiger partial charge in [-0.05, 0) is 34.9 Å². The van der Waals surface area contributed by atoms with Crippen LogP contribution in [-0.4, -0.2) is 63.5 Å². The minimum atomic E-state index is -0.0600. The Morgan fingerprint density at radius 1 is 0.389 bits per heavy atom. The maximum absolute atomic E-state index is 5.59. The van der Waals surface area contributed by atoms with Gasteiger partial charge in [0, 0.05) is 18.6 Å². The van der Waals surface area contributed by atoms with Gasteiger partial charge in [0.15, 0.2) is 0 Å². The highest BCUT2D eigenvalue weighted by molar-refractivity contribution is 5.93. The summed E-state index contributed by atoms with van der Waals surface area (Å²) in [6.45, 7) is 0. The molecule has 3 aromatic heterocycles. The molecule has 4 rings (SSSR count). The van der Waals surface area contributed by atoms with Crippen LogP contribution in [0.2, 0.25) is 0 Å². The van der Waals surface area contributed by atoms with Crippen molar-refractivity contribution in [3.63, 3.8) is 0 Å². The Hall–Kier alpha value is -5.94. The summed E-state index contributed by atoms with van der Waals surface area (Å²) in [4.78, 5) is 47.2. The number of anilines is 6. The van der Waals surface area contributed by atoms with Gasteiger partial charge >= 0.3 is 0 Å². The van der Waals surface area contributed by atoms with Crippen LogP contribution in [-0.2, 0) is 0 Å². The van der Waals surface area contributed by atoms with E-state index in [-0.39, 0.29) is 53.5 Å². The Labute approximate surface area is 201 Å². The van der Waals surface area contributed by atoms with Crippen molar-refractivity contribution in [2.24, 2.45) is 15.0 Å². The van der Waals surface area contributed by atoms with Crippen LogP contribution in [0, 0.1) is 0 Å². The second-order valence-corrected chi connectivity index (χ2v) is 6.76. The molecule has 4 aromatic rings. The van der Waals surface area contributed by atoms with Gasteiger partial charge in [-0.2, -0.15) is 44.9 Å². The number of nitrogen functional groups attached to an aromatic ring is 6. The number of aromatic nitrogens is 9. The third-order valence-electron chi connectivity index (χ3n) is 3.96. The minimum absolute atomic E-state index is 0.0292. The summed E-state index contributed by atoms with van der Waals surface area (Å²) >= 11 is 0. The molecule has 0 saturated carbocycles. The molecule has 0 unspecified atom stereocenters. The van der Waals surface area contributed by atoms with E-state index in [9.17, 15) is 0 Å². The van der Waals surface area contributed by atoms with Gasteiger partial charge in [0.1, 0.15) is 0 Å². The number of hydrogen-bond acceptors (Lipinski definition) is 18. The molecule has 18 nitrogen and oxygen atoms in total. The maximum Gasteiger partial charge on any atom is 0.255 e. The van der Waals surface area contributed by atoms with E-state index in [0.717, 1.165) is 0 Å². The summed E-state index contributed by atoms with van der Waals surface area (Å²) < 4.78 is 0. The predicted octanol–water partition coefficient (Wildman–Crippen LogP) is -1.01. The zero-order valence-electron chi connectivity index (χ0n) is 18.3. The highest BCUT2D eigenvalue weighted by Gasteiger charge is 2.04. The van der Waals surface area contributed by atoms with Crippen LogP contribution in [0.25, 0.3) is 0 Å². The molecular weight excluding hydrogens is 468 g/mol. The first kappa shape index (κ1) is 23.2. The average Bonchev–Trinajstić information content (AvgIpc) is 2.78. The van der Waals surface area contributed by atoms with Crippen molar-refractivity contribution in [3.05, 3.63) is 34.9 Å². The molecule has 0 fully saturated rings. The van der Waals surface area contributed by atoms with Crippen LogP contribution in [0.3, 0.4) is 0 Å². The number of benzene rings is 1. The molecule has 0 bridgehead atoms. The fourth-order valence-electron chi connectivity index (χ4n) is 2.69. The third-order valence-corrected chi connectivity index (χ3v) is 3.96. The van der Waals surface area contributed by atoms with Crippen LogP contribution in [0.5, 0.6) is 0 Å². The van der Waals surface area contributed by atoms with Crippen molar-refractivity contribution < 1.29 is 0 Å². The first-order valence-corrected chi connectivity index (χ1v) is 9.80. The zero-order chi connectivity index (χ0) is 25.7. The summed E-state index contributed by atoms with van der Waals surface area (Å²) in [5, 5.41) is 0. The fraction of sp³-hybridized carbons (Fsp3) is 0. The monoisotopic (exact) mass is 486 g/mol. The molecule has 0 atom stereocenters. The lowest BCUT2D eigenvalue weighted by atomic mass is 10.1. The van der Waals surface area contributed by atoms with E-state index in [1.807, 2.05) is 0 Å². The van der Waals surface area contributed by atoms with E-state index in [2.05, 4.69) is 59.8 Å². The van der Waals surface area contributed by atoms with E-state index < -0.39 is 0 Å². The second kappa shape index (κ2) is 9.91. The smallest absolute Gasteiger partial charge is 0.255 e. The van der Waals surface area contributed by atoms with E-state index >= 15 is 0 Å². The summed E-state index contributed by atoms with van der Waals surface area (Å²) in [5.74, 6) is -0.273. The molecule has 0 aliphatic rings. The first-order valence-electron chi connectivity index (χ1n) is 9.80. The molecule has 12 N–H and O–H groups in total. The topological polar surface area (TPSA) is 309 Å². The Bertz CT molecular complexity index is 1260. The lowest BCUT2D eigenvalue weighted by Crippen LogP contribution is -2.02. The van der Waals surface area contributed by atoms with Crippen molar-refractivity contribution in [2.75, 3.05) is 34.4 Å². The van der Waals surface area contributed by atoms with Gasteiger partial charge in [-0.25, -0.2) is 15.0 Å².